The molecule has 0 aliphatic rings. The van der Waals surface area contributed by atoms with E-state index in [0.717, 1.165) is 41.5 Å². The van der Waals surface area contributed by atoms with Crippen molar-refractivity contribution in [3.05, 3.63) is 139 Å². The van der Waals surface area contributed by atoms with Crippen LogP contribution < -0.4 is 11.5 Å². The SMILES string of the molecule is Cc1c(N)c(N=Nc2ccc(-c3ccc(N=Nc4ccc(O)c(C(=O)O)c4)cc3)cc2)cc(N=Nc2cc3c(O)c(N=Nc4ccc(S(=O)(=O)O)c5ccccc45)c(S(=O)(=O)O)cc3cc2S(=O)(=O)O)c1N. The summed E-state index contributed by atoms with van der Waals surface area (Å²) in [6.45, 7) is 1.55. The second kappa shape index (κ2) is 19.1. The predicted octanol–water partition coefficient (Wildman–Crippen LogP) is 11.6. The third kappa shape index (κ3) is 10.3. The summed E-state index contributed by atoms with van der Waals surface area (Å²) in [4.78, 5) is 8.92. The Kier molecular flexibility index (Phi) is 13.1. The van der Waals surface area contributed by atoms with Crippen LogP contribution >= 0.6 is 0 Å². The molecule has 0 saturated carbocycles. The number of anilines is 2. The quantitative estimate of drug-likeness (QED) is 0.0302. The zero-order chi connectivity index (χ0) is 51.9. The number of nitrogens with zero attached hydrogens (tertiary/aromatic N) is 8. The van der Waals surface area contributed by atoms with Crippen molar-refractivity contribution in [2.75, 3.05) is 11.5 Å². The lowest BCUT2D eigenvalue weighted by molar-refractivity contribution is 0.0693. The first kappa shape index (κ1) is 49.5. The Hall–Kier alpha value is -8.92. The maximum absolute atomic E-state index is 12.7. The second-order valence-electron chi connectivity index (χ2n) is 15.4. The standard InChI is InChI=1S/C46H34N10O13S3/c1-23-42(47)36(54-50-28-12-8-25(9-13-28)24-6-10-27(11-7-24)49-51-29-14-16-38(57)33(20-29)46(59)60)22-37(43(23)48)55-53-35-21-32-26(18-40(35)71(64,65)66)19-41(72(67,68)69)44(45(32)58)56-52-34-15-17-39(70(61,62)63)31-5-3-2-4-30(31)34/h2-22,57-58H,47-48H2,1H3,(H,59,60)(H,61,62,63)(H,64,65,66)(H,67,68,69). The molecule has 0 spiro atoms. The summed E-state index contributed by atoms with van der Waals surface area (Å²) in [6, 6.07) is 29.5. The highest BCUT2D eigenvalue weighted by molar-refractivity contribution is 7.86. The monoisotopic (exact) mass is 1030 g/mol. The largest absolute Gasteiger partial charge is 0.507 e. The van der Waals surface area contributed by atoms with Gasteiger partial charge in [-0.15, -0.1) is 25.6 Å². The minimum absolute atomic E-state index is 0.00519. The van der Waals surface area contributed by atoms with Crippen molar-refractivity contribution >= 4 is 115 Å². The molecule has 0 aliphatic carbocycles. The number of fused-ring (bicyclic) bond motifs is 2. The fraction of sp³-hybridized carbons (Fsp3) is 0.0217. The molecule has 0 aliphatic heterocycles. The number of aromatic carboxylic acids is 1. The molecular weight excluding hydrogens is 997 g/mol. The number of phenols is 2. The van der Waals surface area contributed by atoms with Crippen molar-refractivity contribution in [3.8, 4) is 22.6 Å². The van der Waals surface area contributed by atoms with Crippen LogP contribution in [-0.2, 0) is 30.4 Å². The molecule has 0 bridgehead atoms. The third-order valence-corrected chi connectivity index (χ3v) is 13.5. The Morgan fingerprint density at radius 2 is 0.958 bits per heavy atom. The van der Waals surface area contributed by atoms with Gasteiger partial charge in [0.25, 0.3) is 30.4 Å². The number of hydrogen-bond acceptors (Lipinski definition) is 19. The van der Waals surface area contributed by atoms with Crippen LogP contribution in [0.25, 0.3) is 32.7 Å². The first-order valence-corrected chi connectivity index (χ1v) is 24.7. The van der Waals surface area contributed by atoms with Crippen molar-refractivity contribution in [1.82, 2.24) is 0 Å². The summed E-state index contributed by atoms with van der Waals surface area (Å²) in [7, 11) is -15.1. The molecule has 0 saturated heterocycles. The average Bonchev–Trinajstić information content (AvgIpc) is 3.33. The number of nitrogens with two attached hydrogens (primary N) is 2. The highest BCUT2D eigenvalue weighted by Crippen LogP contribution is 2.46. The smallest absolute Gasteiger partial charge is 0.339 e. The van der Waals surface area contributed by atoms with E-state index < -0.39 is 73.9 Å². The number of nitrogen functional groups attached to an aromatic ring is 2. The lowest BCUT2D eigenvalue weighted by atomic mass is 10.1. The van der Waals surface area contributed by atoms with Crippen LogP contribution in [0.5, 0.6) is 11.5 Å². The highest BCUT2D eigenvalue weighted by atomic mass is 32.2. The Morgan fingerprint density at radius 1 is 0.472 bits per heavy atom. The summed E-state index contributed by atoms with van der Waals surface area (Å²) in [6.07, 6.45) is 0. The van der Waals surface area contributed by atoms with Crippen LogP contribution in [0.1, 0.15) is 15.9 Å². The van der Waals surface area contributed by atoms with Gasteiger partial charge in [0.05, 0.1) is 34.1 Å². The molecular formula is C46H34N10O13S3. The summed E-state index contributed by atoms with van der Waals surface area (Å²) >= 11 is 0. The molecule has 0 fully saturated rings. The number of phenolic OH excluding ortho intramolecular Hbond substituents is 1. The van der Waals surface area contributed by atoms with Crippen molar-refractivity contribution < 1.29 is 59.0 Å². The lowest BCUT2D eigenvalue weighted by Crippen LogP contribution is -2.01. The van der Waals surface area contributed by atoms with E-state index in [0.29, 0.717) is 16.9 Å². The highest BCUT2D eigenvalue weighted by Gasteiger charge is 2.26. The lowest BCUT2D eigenvalue weighted by Gasteiger charge is -2.12. The maximum atomic E-state index is 12.7. The minimum Gasteiger partial charge on any atom is -0.507 e. The van der Waals surface area contributed by atoms with E-state index in [2.05, 4.69) is 40.9 Å². The van der Waals surface area contributed by atoms with E-state index in [9.17, 15) is 59.0 Å². The molecule has 23 nitrogen and oxygen atoms in total. The predicted molar refractivity (Wildman–Crippen MR) is 263 cm³/mol. The summed E-state index contributed by atoms with van der Waals surface area (Å²) in [5.41, 5.74) is 14.0. The van der Waals surface area contributed by atoms with Crippen LogP contribution in [0, 0.1) is 6.92 Å². The molecule has 0 heterocycles. The van der Waals surface area contributed by atoms with Gasteiger partial charge < -0.3 is 26.8 Å². The summed E-state index contributed by atoms with van der Waals surface area (Å²) < 4.78 is 105. The van der Waals surface area contributed by atoms with E-state index in [1.54, 1.807) is 55.5 Å². The number of rotatable bonds is 13. The van der Waals surface area contributed by atoms with Gasteiger partial charge >= 0.3 is 5.97 Å². The van der Waals surface area contributed by atoms with Crippen LogP contribution in [-0.4, -0.2) is 60.2 Å². The second-order valence-corrected chi connectivity index (χ2v) is 19.6. The van der Waals surface area contributed by atoms with Crippen molar-refractivity contribution in [1.29, 1.82) is 0 Å². The van der Waals surface area contributed by atoms with E-state index in [1.807, 2.05) is 0 Å². The normalized spacial score (nSPS) is 12.6. The fourth-order valence-electron chi connectivity index (χ4n) is 7.13. The minimum atomic E-state index is -5.23. The topological polar surface area (TPSA) is 392 Å². The first-order valence-electron chi connectivity index (χ1n) is 20.4. The number of benzene rings is 8. The van der Waals surface area contributed by atoms with Crippen LogP contribution in [0.15, 0.2) is 183 Å². The molecule has 0 unspecified atom stereocenters. The Balaban J connectivity index is 1.08. The van der Waals surface area contributed by atoms with E-state index in [-0.39, 0.29) is 61.2 Å². The molecule has 8 aromatic rings. The molecule has 72 heavy (non-hydrogen) atoms. The van der Waals surface area contributed by atoms with Gasteiger partial charge in [0.1, 0.15) is 48.7 Å². The number of carboxylic acid groups (broad SMARTS) is 1. The van der Waals surface area contributed by atoms with E-state index in [1.165, 1.54) is 48.5 Å². The molecule has 0 atom stereocenters. The van der Waals surface area contributed by atoms with Gasteiger partial charge in [0.2, 0.25) is 0 Å². The maximum Gasteiger partial charge on any atom is 0.339 e. The van der Waals surface area contributed by atoms with Crippen LogP contribution in [0.3, 0.4) is 0 Å². The van der Waals surface area contributed by atoms with Crippen LogP contribution in [0.2, 0.25) is 0 Å². The number of carbonyl (C=O) groups is 1. The average molecular weight is 1030 g/mol. The van der Waals surface area contributed by atoms with Gasteiger partial charge in [-0.25, -0.2) is 4.79 Å². The molecule has 0 aromatic heterocycles. The van der Waals surface area contributed by atoms with Crippen molar-refractivity contribution in [2.24, 2.45) is 40.9 Å². The zero-order valence-corrected chi connectivity index (χ0v) is 39.1. The Morgan fingerprint density at radius 3 is 1.53 bits per heavy atom. The number of hydrogen-bond donors (Lipinski definition) is 8. The Labute approximate surface area is 407 Å². The molecule has 0 amide bonds. The molecule has 0 radical (unpaired) electrons. The zero-order valence-electron chi connectivity index (χ0n) is 36.6. The van der Waals surface area contributed by atoms with Gasteiger partial charge in [-0.1, -0.05) is 48.5 Å². The van der Waals surface area contributed by atoms with Crippen LogP contribution in [0.4, 0.5) is 56.9 Å². The molecule has 8 rings (SSSR count). The molecule has 10 N–H and O–H groups in total. The van der Waals surface area contributed by atoms with Crippen molar-refractivity contribution in [3.63, 3.8) is 0 Å². The number of carboxylic acids is 1. The molecule has 8 aromatic carbocycles. The van der Waals surface area contributed by atoms with E-state index >= 15 is 0 Å². The van der Waals surface area contributed by atoms with Gasteiger partial charge in [-0.2, -0.15) is 40.6 Å². The third-order valence-electron chi connectivity index (χ3n) is 10.8. The van der Waals surface area contributed by atoms with Crippen molar-refractivity contribution in [2.45, 2.75) is 21.6 Å². The summed E-state index contributed by atoms with van der Waals surface area (Å²) in [5.74, 6) is -2.65. The van der Waals surface area contributed by atoms with Gasteiger partial charge in [0, 0.05) is 16.2 Å². The fourth-order valence-corrected chi connectivity index (χ4v) is 9.12. The Bertz CT molecular complexity index is 4040. The van der Waals surface area contributed by atoms with E-state index in [4.69, 9.17) is 11.5 Å². The summed E-state index contributed by atoms with van der Waals surface area (Å²) in [5, 5.41) is 62.7. The van der Waals surface area contributed by atoms with Gasteiger partial charge in [-0.05, 0) is 108 Å². The van der Waals surface area contributed by atoms with Gasteiger partial charge in [0.15, 0.2) is 5.75 Å². The number of azo groups is 4. The molecule has 364 valence electrons. The molecule has 26 heteroatoms. The number of aromatic hydroxyl groups is 2. The van der Waals surface area contributed by atoms with Gasteiger partial charge in [-0.3, -0.25) is 13.7 Å². The first-order chi connectivity index (χ1) is 34.0.